The Morgan fingerprint density at radius 3 is 2.74 bits per heavy atom. The zero-order chi connectivity index (χ0) is 19.2. The summed E-state index contributed by atoms with van der Waals surface area (Å²) in [7, 11) is 1.88. The first kappa shape index (κ1) is 18.7. The summed E-state index contributed by atoms with van der Waals surface area (Å²) in [5.74, 6) is 0.499. The molecule has 3 rings (SSSR count). The highest BCUT2D eigenvalue weighted by atomic mass is 16.5. The molecule has 1 heterocycles. The molecule has 6 nitrogen and oxygen atoms in total. The first-order valence-corrected chi connectivity index (χ1v) is 8.77. The van der Waals surface area contributed by atoms with E-state index in [4.69, 9.17) is 4.74 Å². The van der Waals surface area contributed by atoms with Crippen LogP contribution < -0.4 is 15.0 Å². The smallest absolute Gasteiger partial charge is 0.244 e. The van der Waals surface area contributed by atoms with E-state index in [1.807, 2.05) is 54.4 Å². The van der Waals surface area contributed by atoms with Gasteiger partial charge in [-0.25, -0.2) is 0 Å². The second-order valence-electron chi connectivity index (χ2n) is 6.46. The zero-order valence-electron chi connectivity index (χ0n) is 15.4. The van der Waals surface area contributed by atoms with Crippen LogP contribution in [0.25, 0.3) is 0 Å². The largest absolute Gasteiger partial charge is 0.490 e. The van der Waals surface area contributed by atoms with Crippen molar-refractivity contribution in [3.63, 3.8) is 0 Å². The van der Waals surface area contributed by atoms with Crippen LogP contribution in [0.2, 0.25) is 0 Å². The third-order valence-corrected chi connectivity index (χ3v) is 4.22. The third kappa shape index (κ3) is 4.74. The Kier molecular flexibility index (Phi) is 5.88. The molecule has 0 aromatic heterocycles. The molecule has 0 spiro atoms. The number of hydrogen-bond acceptors (Lipinski definition) is 4. The lowest BCUT2D eigenvalue weighted by molar-refractivity contribution is -0.122. The number of amides is 2. The van der Waals surface area contributed by atoms with E-state index in [-0.39, 0.29) is 24.9 Å². The Morgan fingerprint density at radius 1 is 1.26 bits per heavy atom. The first-order chi connectivity index (χ1) is 13.1. The quantitative estimate of drug-likeness (QED) is 0.767. The van der Waals surface area contributed by atoms with Crippen LogP contribution in [-0.2, 0) is 16.1 Å². The fourth-order valence-electron chi connectivity index (χ4n) is 2.99. The Labute approximate surface area is 159 Å². The molecule has 2 aromatic carbocycles. The van der Waals surface area contributed by atoms with Crippen molar-refractivity contribution < 1.29 is 14.3 Å². The Balaban J connectivity index is 1.61. The Bertz CT molecular complexity index is 833. The van der Waals surface area contributed by atoms with Gasteiger partial charge >= 0.3 is 0 Å². The summed E-state index contributed by atoms with van der Waals surface area (Å²) < 4.78 is 5.47. The van der Waals surface area contributed by atoms with Gasteiger partial charge in [0.05, 0.1) is 17.9 Å². The van der Waals surface area contributed by atoms with Gasteiger partial charge in [0.25, 0.3) is 0 Å². The molecule has 1 aliphatic rings. The number of carbonyl (C=O) groups excluding carboxylic acids is 2. The molecular weight excluding hydrogens is 342 g/mol. The molecular formula is C21H23N3O3. The van der Waals surface area contributed by atoms with Crippen LogP contribution in [0.1, 0.15) is 5.56 Å². The predicted octanol–water partition coefficient (Wildman–Crippen LogP) is 2.67. The lowest BCUT2D eigenvalue weighted by Crippen LogP contribution is -2.45. The highest BCUT2D eigenvalue weighted by molar-refractivity contribution is 6.10. The van der Waals surface area contributed by atoms with E-state index in [0.717, 1.165) is 17.0 Å². The number of nitrogens with one attached hydrogen (secondary N) is 1. The third-order valence-electron chi connectivity index (χ3n) is 4.22. The topological polar surface area (TPSA) is 61.9 Å². The molecule has 0 bridgehead atoms. The van der Waals surface area contributed by atoms with E-state index in [1.54, 1.807) is 12.1 Å². The van der Waals surface area contributed by atoms with Gasteiger partial charge in [0, 0.05) is 6.54 Å². The molecule has 0 unspecified atom stereocenters. The molecule has 0 fully saturated rings. The van der Waals surface area contributed by atoms with E-state index in [9.17, 15) is 9.59 Å². The minimum absolute atomic E-state index is 0.0407. The van der Waals surface area contributed by atoms with Crippen molar-refractivity contribution in [2.75, 3.05) is 37.0 Å². The van der Waals surface area contributed by atoms with Gasteiger partial charge in [0.2, 0.25) is 11.8 Å². The summed E-state index contributed by atoms with van der Waals surface area (Å²) in [6, 6.07) is 15.1. The van der Waals surface area contributed by atoms with Crippen LogP contribution in [0.15, 0.2) is 61.2 Å². The summed E-state index contributed by atoms with van der Waals surface area (Å²) in [5.41, 5.74) is 2.48. The van der Waals surface area contributed by atoms with E-state index in [2.05, 4.69) is 11.9 Å². The maximum absolute atomic E-state index is 12.8. The molecule has 0 saturated carbocycles. The van der Waals surface area contributed by atoms with Crippen LogP contribution in [0.5, 0.6) is 5.75 Å². The molecule has 1 aliphatic heterocycles. The standard InChI is InChI=1S/C21H23N3O3/c1-3-12-27-17-10-8-16(9-11-17)13-23(2)15-21(26)24-14-20(25)22-18-6-4-5-7-19(18)24/h3-11H,1,12-15H2,2H3,(H,22,25). The van der Waals surface area contributed by atoms with Crippen LogP contribution in [0.3, 0.4) is 0 Å². The van der Waals surface area contributed by atoms with E-state index in [0.29, 0.717) is 18.8 Å². The van der Waals surface area contributed by atoms with Gasteiger partial charge in [-0.15, -0.1) is 0 Å². The number of nitrogens with zero attached hydrogens (tertiary/aromatic N) is 2. The highest BCUT2D eigenvalue weighted by Gasteiger charge is 2.26. The van der Waals surface area contributed by atoms with Gasteiger partial charge in [-0.1, -0.05) is 36.9 Å². The van der Waals surface area contributed by atoms with Gasteiger partial charge in [-0.05, 0) is 36.9 Å². The predicted molar refractivity (Wildman–Crippen MR) is 106 cm³/mol. The summed E-state index contributed by atoms with van der Waals surface area (Å²) in [4.78, 5) is 28.1. The molecule has 6 heteroatoms. The van der Waals surface area contributed by atoms with E-state index >= 15 is 0 Å². The number of ether oxygens (including phenoxy) is 1. The highest BCUT2D eigenvalue weighted by Crippen LogP contribution is 2.28. The minimum Gasteiger partial charge on any atom is -0.490 e. The van der Waals surface area contributed by atoms with Crippen molar-refractivity contribution in [2.24, 2.45) is 0 Å². The van der Waals surface area contributed by atoms with Crippen LogP contribution >= 0.6 is 0 Å². The van der Waals surface area contributed by atoms with Crippen molar-refractivity contribution in [3.05, 3.63) is 66.7 Å². The number of carbonyl (C=O) groups is 2. The Morgan fingerprint density at radius 2 is 2.00 bits per heavy atom. The van der Waals surface area contributed by atoms with Gasteiger partial charge in [-0.3, -0.25) is 19.4 Å². The van der Waals surface area contributed by atoms with Gasteiger partial charge in [-0.2, -0.15) is 0 Å². The summed E-state index contributed by atoms with van der Waals surface area (Å²) in [5, 5.41) is 2.79. The minimum atomic E-state index is -0.181. The molecule has 2 amide bonds. The number of para-hydroxylation sites is 2. The first-order valence-electron chi connectivity index (χ1n) is 8.77. The van der Waals surface area contributed by atoms with E-state index < -0.39 is 0 Å². The van der Waals surface area contributed by atoms with E-state index in [1.165, 1.54) is 4.90 Å². The number of fused-ring (bicyclic) bond motifs is 1. The average molecular weight is 365 g/mol. The number of benzene rings is 2. The molecule has 0 saturated heterocycles. The van der Waals surface area contributed by atoms with Crippen molar-refractivity contribution >= 4 is 23.2 Å². The molecule has 0 atom stereocenters. The van der Waals surface area contributed by atoms with Crippen LogP contribution in [-0.4, -0.2) is 43.5 Å². The fourth-order valence-corrected chi connectivity index (χ4v) is 2.99. The molecule has 0 aliphatic carbocycles. The van der Waals surface area contributed by atoms with Crippen LogP contribution in [0, 0.1) is 0 Å². The zero-order valence-corrected chi connectivity index (χ0v) is 15.4. The molecule has 0 radical (unpaired) electrons. The molecule has 27 heavy (non-hydrogen) atoms. The SMILES string of the molecule is C=CCOc1ccc(CN(C)CC(=O)N2CC(=O)Nc3ccccc32)cc1. The molecule has 140 valence electrons. The van der Waals surface area contributed by atoms with Gasteiger partial charge in [0.1, 0.15) is 18.9 Å². The number of likely N-dealkylation sites (N-methyl/N-ethyl adjacent to an activating group) is 1. The lowest BCUT2D eigenvalue weighted by Gasteiger charge is -2.30. The monoisotopic (exact) mass is 365 g/mol. The maximum Gasteiger partial charge on any atom is 0.244 e. The van der Waals surface area contributed by atoms with Crippen molar-refractivity contribution in [1.82, 2.24) is 4.90 Å². The average Bonchev–Trinajstić information content (AvgIpc) is 2.66. The lowest BCUT2D eigenvalue weighted by atomic mass is 10.2. The van der Waals surface area contributed by atoms with Crippen molar-refractivity contribution in [2.45, 2.75) is 6.54 Å². The maximum atomic E-state index is 12.8. The summed E-state index contributed by atoms with van der Waals surface area (Å²) in [6.45, 7) is 4.98. The number of hydrogen-bond donors (Lipinski definition) is 1. The number of anilines is 2. The molecule has 1 N–H and O–H groups in total. The summed E-state index contributed by atoms with van der Waals surface area (Å²) >= 11 is 0. The fraction of sp³-hybridized carbons (Fsp3) is 0.238. The number of rotatable bonds is 7. The molecule has 2 aromatic rings. The second-order valence-corrected chi connectivity index (χ2v) is 6.46. The van der Waals surface area contributed by atoms with Crippen molar-refractivity contribution in [1.29, 1.82) is 0 Å². The van der Waals surface area contributed by atoms with Gasteiger partial charge < -0.3 is 10.1 Å². The van der Waals surface area contributed by atoms with Gasteiger partial charge in [0.15, 0.2) is 0 Å². The van der Waals surface area contributed by atoms with Crippen LogP contribution in [0.4, 0.5) is 11.4 Å². The Hall–Kier alpha value is -3.12. The van der Waals surface area contributed by atoms with Crippen molar-refractivity contribution in [3.8, 4) is 5.75 Å². The normalized spacial score (nSPS) is 13.1. The second kappa shape index (κ2) is 8.51. The summed E-state index contributed by atoms with van der Waals surface area (Å²) in [6.07, 6.45) is 1.70.